The number of nitriles is 1. The van der Waals surface area contributed by atoms with E-state index < -0.39 is 0 Å². The van der Waals surface area contributed by atoms with Crippen LogP contribution in [0.15, 0.2) is 71.4 Å². The van der Waals surface area contributed by atoms with Gasteiger partial charge in [-0.2, -0.15) is 5.26 Å². The van der Waals surface area contributed by atoms with E-state index in [9.17, 15) is 10.1 Å². The minimum atomic E-state index is 0.316. The van der Waals surface area contributed by atoms with Crippen molar-refractivity contribution in [2.24, 2.45) is 5.92 Å². The maximum absolute atomic E-state index is 11.1. The summed E-state index contributed by atoms with van der Waals surface area (Å²) < 4.78 is 0. The first kappa shape index (κ1) is 12.8. The van der Waals surface area contributed by atoms with E-state index in [2.05, 4.69) is 42.5 Å². The molecule has 0 fully saturated rings. The fourth-order valence-corrected chi connectivity index (χ4v) is 3.49. The molecule has 1 aromatic carbocycles. The lowest BCUT2D eigenvalue weighted by Crippen LogP contribution is -2.13. The van der Waals surface area contributed by atoms with E-state index in [1.807, 2.05) is 6.07 Å². The fourth-order valence-electron chi connectivity index (χ4n) is 3.49. The lowest BCUT2D eigenvalue weighted by atomic mass is 9.75. The van der Waals surface area contributed by atoms with Crippen molar-refractivity contribution in [1.29, 1.82) is 5.26 Å². The van der Waals surface area contributed by atoms with Crippen molar-refractivity contribution >= 4 is 11.9 Å². The van der Waals surface area contributed by atoms with Gasteiger partial charge in [-0.1, -0.05) is 48.1 Å². The second-order valence-electron chi connectivity index (χ2n) is 5.68. The summed E-state index contributed by atoms with van der Waals surface area (Å²) in [5.74, 6) is 0.316. The average Bonchev–Trinajstić information content (AvgIpc) is 3.00. The van der Waals surface area contributed by atoms with Crippen molar-refractivity contribution in [3.63, 3.8) is 0 Å². The number of rotatable bonds is 2. The Balaban J connectivity index is 1.92. The van der Waals surface area contributed by atoms with E-state index in [4.69, 9.17) is 0 Å². The summed E-state index contributed by atoms with van der Waals surface area (Å²) in [7, 11) is 0. The van der Waals surface area contributed by atoms with Crippen LogP contribution in [0.2, 0.25) is 0 Å². The standard InChI is InChI=1S/C20H13NO/c21-11-16-5-4-13(12-22)10-19(16)17-9-8-15-7-6-14-2-1-3-18(17)20(14)15/h1-6,8-10,12,20H,7H2. The lowest BCUT2D eigenvalue weighted by Gasteiger charge is -2.28. The molecule has 2 nitrogen and oxygen atoms in total. The molecule has 0 heterocycles. The SMILES string of the molecule is N#Cc1ccc(C=O)cc1C1=CC=C2CC=C3C=CC=C1C32. The molecule has 3 aliphatic carbocycles. The molecule has 4 rings (SSSR count). The van der Waals surface area contributed by atoms with E-state index in [0.717, 1.165) is 23.8 Å². The minimum absolute atomic E-state index is 0.316. The Morgan fingerprint density at radius 1 is 1.23 bits per heavy atom. The van der Waals surface area contributed by atoms with Crippen LogP contribution in [0, 0.1) is 17.2 Å². The van der Waals surface area contributed by atoms with Gasteiger partial charge in [0, 0.05) is 17.0 Å². The normalized spacial score (nSPS) is 21.1. The van der Waals surface area contributed by atoms with Crippen molar-refractivity contribution in [3.8, 4) is 6.07 Å². The van der Waals surface area contributed by atoms with E-state index >= 15 is 0 Å². The highest BCUT2D eigenvalue weighted by molar-refractivity contribution is 5.90. The third kappa shape index (κ3) is 1.76. The Morgan fingerprint density at radius 2 is 2.14 bits per heavy atom. The molecule has 0 N–H and O–H groups in total. The molecule has 22 heavy (non-hydrogen) atoms. The number of nitrogens with zero attached hydrogens (tertiary/aromatic N) is 1. The van der Waals surface area contributed by atoms with Crippen LogP contribution in [-0.2, 0) is 0 Å². The molecular weight excluding hydrogens is 270 g/mol. The molecule has 0 bridgehead atoms. The van der Waals surface area contributed by atoms with Crippen LogP contribution in [0.5, 0.6) is 0 Å². The summed E-state index contributed by atoms with van der Waals surface area (Å²) in [6, 6.07) is 7.47. The summed E-state index contributed by atoms with van der Waals surface area (Å²) in [5, 5.41) is 9.40. The van der Waals surface area contributed by atoms with Gasteiger partial charge in [0.15, 0.2) is 0 Å². The predicted octanol–water partition coefficient (Wildman–Crippen LogP) is 4.14. The Labute approximate surface area is 129 Å². The topological polar surface area (TPSA) is 40.9 Å². The zero-order chi connectivity index (χ0) is 15.1. The molecular formula is C20H13NO. The number of aldehydes is 1. The molecule has 2 heteroatoms. The van der Waals surface area contributed by atoms with Gasteiger partial charge in [0.2, 0.25) is 0 Å². The minimum Gasteiger partial charge on any atom is -0.298 e. The largest absolute Gasteiger partial charge is 0.298 e. The van der Waals surface area contributed by atoms with E-state index in [-0.39, 0.29) is 0 Å². The molecule has 3 aliphatic rings. The van der Waals surface area contributed by atoms with Crippen LogP contribution < -0.4 is 0 Å². The number of allylic oxidation sites excluding steroid dienone is 10. The zero-order valence-electron chi connectivity index (χ0n) is 11.9. The van der Waals surface area contributed by atoms with Crippen LogP contribution in [-0.4, -0.2) is 6.29 Å². The van der Waals surface area contributed by atoms with Gasteiger partial charge in [0.1, 0.15) is 6.29 Å². The third-order valence-corrected chi connectivity index (χ3v) is 4.52. The second kappa shape index (κ2) is 4.82. The van der Waals surface area contributed by atoms with E-state index in [0.29, 0.717) is 17.0 Å². The number of hydrogen-bond acceptors (Lipinski definition) is 2. The monoisotopic (exact) mass is 283 g/mol. The van der Waals surface area contributed by atoms with Gasteiger partial charge < -0.3 is 0 Å². The lowest BCUT2D eigenvalue weighted by molar-refractivity contribution is 0.112. The summed E-state index contributed by atoms with van der Waals surface area (Å²) >= 11 is 0. The highest BCUT2D eigenvalue weighted by Crippen LogP contribution is 2.47. The highest BCUT2D eigenvalue weighted by Gasteiger charge is 2.32. The van der Waals surface area contributed by atoms with Crippen LogP contribution in [0.25, 0.3) is 5.57 Å². The van der Waals surface area contributed by atoms with Gasteiger partial charge in [-0.25, -0.2) is 0 Å². The van der Waals surface area contributed by atoms with Crippen LogP contribution in [0.3, 0.4) is 0 Å². The molecule has 1 atom stereocenters. The Hall–Kier alpha value is -2.92. The van der Waals surface area contributed by atoms with Gasteiger partial charge in [-0.05, 0) is 35.3 Å². The van der Waals surface area contributed by atoms with Crippen molar-refractivity contribution in [2.45, 2.75) is 6.42 Å². The first-order chi connectivity index (χ1) is 10.8. The Kier molecular flexibility index (Phi) is 2.80. The predicted molar refractivity (Wildman–Crippen MR) is 86.0 cm³/mol. The molecule has 1 aromatic rings. The van der Waals surface area contributed by atoms with Crippen molar-refractivity contribution in [3.05, 3.63) is 88.1 Å². The van der Waals surface area contributed by atoms with Crippen LogP contribution in [0.4, 0.5) is 0 Å². The number of carbonyl (C=O) groups excluding carboxylic acids is 1. The third-order valence-electron chi connectivity index (χ3n) is 4.52. The molecule has 0 spiro atoms. The van der Waals surface area contributed by atoms with Gasteiger partial charge in [-0.15, -0.1) is 0 Å². The van der Waals surface area contributed by atoms with Crippen molar-refractivity contribution < 1.29 is 4.79 Å². The smallest absolute Gasteiger partial charge is 0.150 e. The van der Waals surface area contributed by atoms with Crippen molar-refractivity contribution in [2.75, 3.05) is 0 Å². The molecule has 0 amide bonds. The number of benzene rings is 1. The first-order valence-corrected chi connectivity index (χ1v) is 7.31. The summed E-state index contributed by atoms with van der Waals surface area (Å²) in [6.45, 7) is 0. The first-order valence-electron chi connectivity index (χ1n) is 7.31. The second-order valence-corrected chi connectivity index (χ2v) is 5.68. The molecule has 0 aliphatic heterocycles. The van der Waals surface area contributed by atoms with Crippen LogP contribution in [0.1, 0.15) is 27.9 Å². The quantitative estimate of drug-likeness (QED) is 0.765. The van der Waals surface area contributed by atoms with Gasteiger partial charge >= 0.3 is 0 Å². The van der Waals surface area contributed by atoms with E-state index in [1.165, 1.54) is 16.7 Å². The molecule has 0 saturated heterocycles. The average molecular weight is 283 g/mol. The Bertz CT molecular complexity index is 885. The zero-order valence-corrected chi connectivity index (χ0v) is 11.9. The Morgan fingerprint density at radius 3 is 2.95 bits per heavy atom. The molecule has 0 radical (unpaired) electrons. The molecule has 104 valence electrons. The van der Waals surface area contributed by atoms with Gasteiger partial charge in [-0.3, -0.25) is 4.79 Å². The summed E-state index contributed by atoms with van der Waals surface area (Å²) in [4.78, 5) is 11.1. The maximum atomic E-state index is 11.1. The summed E-state index contributed by atoms with van der Waals surface area (Å²) in [6.07, 6.45) is 14.7. The molecule has 0 saturated carbocycles. The molecule has 0 aromatic heterocycles. The van der Waals surface area contributed by atoms with Crippen LogP contribution >= 0.6 is 0 Å². The van der Waals surface area contributed by atoms with Crippen molar-refractivity contribution in [1.82, 2.24) is 0 Å². The maximum Gasteiger partial charge on any atom is 0.150 e. The van der Waals surface area contributed by atoms with E-state index in [1.54, 1.807) is 12.1 Å². The highest BCUT2D eigenvalue weighted by atomic mass is 16.1. The number of carbonyl (C=O) groups is 1. The summed E-state index contributed by atoms with van der Waals surface area (Å²) in [5.41, 5.74) is 7.05. The molecule has 1 unspecified atom stereocenters. The fraction of sp³-hybridized carbons (Fsp3) is 0.100. The van der Waals surface area contributed by atoms with Gasteiger partial charge in [0.05, 0.1) is 11.6 Å². The number of hydrogen-bond donors (Lipinski definition) is 0. The van der Waals surface area contributed by atoms with Gasteiger partial charge in [0.25, 0.3) is 0 Å².